The van der Waals surface area contributed by atoms with Crippen LogP contribution in [0.15, 0.2) is 40.9 Å². The minimum Gasteiger partial charge on any atom is -0.489 e. The summed E-state index contributed by atoms with van der Waals surface area (Å²) in [6.45, 7) is 0.659. The van der Waals surface area contributed by atoms with E-state index in [0.29, 0.717) is 29.3 Å². The van der Waals surface area contributed by atoms with Crippen LogP contribution in [0, 0.1) is 5.82 Å². The van der Waals surface area contributed by atoms with Crippen molar-refractivity contribution in [1.82, 2.24) is 0 Å². The third kappa shape index (κ3) is 3.95. The second-order valence-corrected chi connectivity index (χ2v) is 5.67. The van der Waals surface area contributed by atoms with Crippen molar-refractivity contribution in [3.63, 3.8) is 0 Å². The van der Waals surface area contributed by atoms with E-state index in [9.17, 15) is 4.39 Å². The Balaban J connectivity index is 2.16. The van der Waals surface area contributed by atoms with Gasteiger partial charge < -0.3 is 10.5 Å². The first-order valence-electron chi connectivity index (χ1n) is 6.15. The first kappa shape index (κ1) is 15.3. The lowest BCUT2D eigenvalue weighted by atomic mass is 10.1. The minimum absolute atomic E-state index is 0.157. The Bertz CT molecular complexity index is 606. The van der Waals surface area contributed by atoms with Crippen molar-refractivity contribution in [2.45, 2.75) is 13.0 Å². The molecule has 0 heterocycles. The summed E-state index contributed by atoms with van der Waals surface area (Å²) in [6, 6.07) is 10.1. The summed E-state index contributed by atoms with van der Waals surface area (Å²) in [5, 5.41) is 0.634. The molecule has 0 bridgehead atoms. The van der Waals surface area contributed by atoms with Gasteiger partial charge in [0.2, 0.25) is 0 Å². The maximum Gasteiger partial charge on any atom is 0.129 e. The second kappa shape index (κ2) is 7.07. The number of nitrogens with two attached hydrogens (primary N) is 1. The Kier molecular flexibility index (Phi) is 5.40. The van der Waals surface area contributed by atoms with Crippen LogP contribution in [0.25, 0.3) is 0 Å². The quantitative estimate of drug-likeness (QED) is 0.864. The number of ether oxygens (including phenoxy) is 1. The fourth-order valence-corrected chi connectivity index (χ4v) is 2.45. The third-order valence-corrected chi connectivity index (χ3v) is 3.56. The van der Waals surface area contributed by atoms with Gasteiger partial charge in [0, 0.05) is 15.1 Å². The largest absolute Gasteiger partial charge is 0.489 e. The van der Waals surface area contributed by atoms with Crippen molar-refractivity contribution in [2.24, 2.45) is 5.73 Å². The Morgan fingerprint density at radius 2 is 1.95 bits per heavy atom. The first-order chi connectivity index (χ1) is 9.60. The molecule has 106 valence electrons. The molecule has 2 aromatic rings. The van der Waals surface area contributed by atoms with Gasteiger partial charge in [-0.1, -0.05) is 27.5 Å². The summed E-state index contributed by atoms with van der Waals surface area (Å²) in [5.74, 6) is 0.391. The molecule has 0 spiro atoms. The molecule has 0 aliphatic rings. The number of rotatable bonds is 5. The first-order valence-corrected chi connectivity index (χ1v) is 7.32. The van der Waals surface area contributed by atoms with Crippen LogP contribution in [0.4, 0.5) is 4.39 Å². The molecule has 2 aromatic carbocycles. The molecule has 0 aliphatic carbocycles. The molecule has 0 aromatic heterocycles. The van der Waals surface area contributed by atoms with Crippen molar-refractivity contribution in [3.05, 3.63) is 62.8 Å². The van der Waals surface area contributed by atoms with Crippen LogP contribution < -0.4 is 10.5 Å². The highest BCUT2D eigenvalue weighted by molar-refractivity contribution is 9.10. The molecule has 0 amide bonds. The van der Waals surface area contributed by atoms with Gasteiger partial charge in [-0.3, -0.25) is 0 Å². The summed E-state index contributed by atoms with van der Waals surface area (Å²) in [6.07, 6.45) is 0.664. The van der Waals surface area contributed by atoms with Crippen LogP contribution in [0.5, 0.6) is 5.75 Å². The number of hydrogen-bond donors (Lipinski definition) is 1. The van der Waals surface area contributed by atoms with Gasteiger partial charge in [-0.2, -0.15) is 0 Å². The average molecular weight is 359 g/mol. The van der Waals surface area contributed by atoms with Crippen LogP contribution in [-0.4, -0.2) is 6.54 Å². The highest BCUT2D eigenvalue weighted by atomic mass is 79.9. The summed E-state index contributed by atoms with van der Waals surface area (Å²) < 4.78 is 20.2. The zero-order chi connectivity index (χ0) is 14.5. The SMILES string of the molecule is NCCc1cc(Cl)ccc1OCc1cc(Br)ccc1F. The summed E-state index contributed by atoms with van der Waals surface area (Å²) in [4.78, 5) is 0. The van der Waals surface area contributed by atoms with Crippen LogP contribution in [0.1, 0.15) is 11.1 Å². The predicted molar refractivity (Wildman–Crippen MR) is 82.6 cm³/mol. The number of benzene rings is 2. The topological polar surface area (TPSA) is 35.2 Å². The molecule has 0 fully saturated rings. The van der Waals surface area contributed by atoms with Crippen molar-refractivity contribution >= 4 is 27.5 Å². The Morgan fingerprint density at radius 1 is 1.15 bits per heavy atom. The van der Waals surface area contributed by atoms with Crippen LogP contribution in [-0.2, 0) is 13.0 Å². The van der Waals surface area contributed by atoms with Crippen LogP contribution in [0.3, 0.4) is 0 Å². The van der Waals surface area contributed by atoms with Gasteiger partial charge in [0.05, 0.1) is 0 Å². The molecule has 5 heteroatoms. The van der Waals surface area contributed by atoms with Crippen molar-refractivity contribution in [1.29, 1.82) is 0 Å². The van der Waals surface area contributed by atoms with Crippen molar-refractivity contribution in [3.8, 4) is 5.75 Å². The van der Waals surface area contributed by atoms with Gasteiger partial charge in [0.1, 0.15) is 18.2 Å². The Hall–Kier alpha value is -1.10. The van der Waals surface area contributed by atoms with E-state index in [4.69, 9.17) is 22.1 Å². The van der Waals surface area contributed by atoms with E-state index in [1.165, 1.54) is 6.07 Å². The molecule has 0 saturated carbocycles. The second-order valence-electron chi connectivity index (χ2n) is 4.32. The van der Waals surface area contributed by atoms with Gasteiger partial charge >= 0.3 is 0 Å². The van der Waals surface area contributed by atoms with E-state index in [2.05, 4.69) is 15.9 Å². The lowest BCUT2D eigenvalue weighted by molar-refractivity contribution is 0.296. The van der Waals surface area contributed by atoms with E-state index in [1.807, 2.05) is 6.07 Å². The number of hydrogen-bond acceptors (Lipinski definition) is 2. The Morgan fingerprint density at radius 3 is 2.70 bits per heavy atom. The monoisotopic (exact) mass is 357 g/mol. The average Bonchev–Trinajstić information content (AvgIpc) is 2.42. The summed E-state index contributed by atoms with van der Waals surface area (Å²) in [5.41, 5.74) is 6.99. The van der Waals surface area contributed by atoms with Gasteiger partial charge in [0.25, 0.3) is 0 Å². The molecule has 0 unspecified atom stereocenters. The van der Waals surface area contributed by atoms with Gasteiger partial charge in [-0.05, 0) is 54.9 Å². The molecular weight excluding hydrogens is 345 g/mol. The molecule has 20 heavy (non-hydrogen) atoms. The summed E-state index contributed by atoms with van der Waals surface area (Å²) >= 11 is 9.27. The molecule has 0 saturated heterocycles. The van der Waals surface area contributed by atoms with Gasteiger partial charge in [-0.15, -0.1) is 0 Å². The zero-order valence-electron chi connectivity index (χ0n) is 10.7. The van der Waals surface area contributed by atoms with E-state index in [-0.39, 0.29) is 12.4 Å². The fraction of sp³-hybridized carbons (Fsp3) is 0.200. The normalized spacial score (nSPS) is 10.6. The zero-order valence-corrected chi connectivity index (χ0v) is 13.0. The molecule has 2 N–H and O–H groups in total. The number of halogens is 3. The standard InChI is InChI=1S/C15H14BrClFNO/c16-12-1-3-14(18)11(7-12)9-20-15-4-2-13(17)8-10(15)5-6-19/h1-4,7-8H,5-6,9,19H2. The molecule has 0 aliphatic heterocycles. The Labute approximate surface area is 130 Å². The van der Waals surface area contributed by atoms with E-state index in [1.54, 1.807) is 24.3 Å². The van der Waals surface area contributed by atoms with Gasteiger partial charge in [-0.25, -0.2) is 4.39 Å². The highest BCUT2D eigenvalue weighted by Crippen LogP contribution is 2.25. The molecule has 0 atom stereocenters. The van der Waals surface area contributed by atoms with E-state index >= 15 is 0 Å². The molecule has 2 rings (SSSR count). The van der Waals surface area contributed by atoms with E-state index in [0.717, 1.165) is 10.0 Å². The highest BCUT2D eigenvalue weighted by Gasteiger charge is 2.07. The molecule has 2 nitrogen and oxygen atoms in total. The third-order valence-electron chi connectivity index (χ3n) is 2.83. The minimum atomic E-state index is -0.289. The maximum absolute atomic E-state index is 13.6. The van der Waals surface area contributed by atoms with Crippen LogP contribution >= 0.6 is 27.5 Å². The van der Waals surface area contributed by atoms with Crippen molar-refractivity contribution in [2.75, 3.05) is 6.54 Å². The van der Waals surface area contributed by atoms with Crippen molar-refractivity contribution < 1.29 is 9.13 Å². The smallest absolute Gasteiger partial charge is 0.129 e. The molecular formula is C15H14BrClFNO. The van der Waals surface area contributed by atoms with Crippen LogP contribution in [0.2, 0.25) is 5.02 Å². The van der Waals surface area contributed by atoms with Gasteiger partial charge in [0.15, 0.2) is 0 Å². The predicted octanol–water partition coefficient (Wildman–Crippen LogP) is 4.32. The fourth-order valence-electron chi connectivity index (χ4n) is 1.85. The lowest BCUT2D eigenvalue weighted by Gasteiger charge is -2.12. The maximum atomic E-state index is 13.6. The summed E-state index contributed by atoms with van der Waals surface area (Å²) in [7, 11) is 0. The van der Waals surface area contributed by atoms with E-state index < -0.39 is 0 Å². The lowest BCUT2D eigenvalue weighted by Crippen LogP contribution is -2.06. The molecule has 0 radical (unpaired) electrons.